The van der Waals surface area contributed by atoms with Crippen molar-refractivity contribution in [3.8, 4) is 0 Å². The summed E-state index contributed by atoms with van der Waals surface area (Å²) in [5.41, 5.74) is 4.37. The van der Waals surface area contributed by atoms with Gasteiger partial charge in [0.1, 0.15) is 6.34 Å². The molecule has 1 aromatic rings. The molecule has 0 aromatic heterocycles. The number of aliphatic imine (C=N–C) groups is 1. The zero-order valence-electron chi connectivity index (χ0n) is 14.6. The van der Waals surface area contributed by atoms with Gasteiger partial charge in [0.2, 0.25) is 0 Å². The van der Waals surface area contributed by atoms with Crippen molar-refractivity contribution in [1.82, 2.24) is 5.43 Å². The molecule has 1 radical (unpaired) electrons. The Morgan fingerprint density at radius 3 is 2.09 bits per heavy atom. The Labute approximate surface area is 142 Å². The first kappa shape index (κ1) is 17.8. The number of anilines is 1. The minimum absolute atomic E-state index is 1.05. The predicted octanol–water partition coefficient (Wildman–Crippen LogP) is 5.84. The van der Waals surface area contributed by atoms with E-state index in [1.807, 2.05) is 6.07 Å². The van der Waals surface area contributed by atoms with Gasteiger partial charge in [-0.3, -0.25) is 10.4 Å². The fourth-order valence-electron chi connectivity index (χ4n) is 3.04. The summed E-state index contributed by atoms with van der Waals surface area (Å²) in [6, 6.07) is 10.4. The number of para-hydroxylation sites is 1. The van der Waals surface area contributed by atoms with E-state index in [9.17, 15) is 0 Å². The van der Waals surface area contributed by atoms with E-state index in [1.54, 1.807) is 6.34 Å². The maximum absolute atomic E-state index is 4.48. The van der Waals surface area contributed by atoms with Crippen molar-refractivity contribution in [3.63, 3.8) is 0 Å². The molecule has 2 rings (SSSR count). The van der Waals surface area contributed by atoms with Crippen molar-refractivity contribution in [3.05, 3.63) is 36.5 Å². The Morgan fingerprint density at radius 1 is 0.826 bits per heavy atom. The molecule has 1 aliphatic heterocycles. The fourth-order valence-corrected chi connectivity index (χ4v) is 3.04. The second-order valence-corrected chi connectivity index (χ2v) is 6.41. The SMILES string of the molecule is CCCCCCCCCCCC[C]1N=CNN1c1ccccc1. The third-order valence-electron chi connectivity index (χ3n) is 4.43. The average molecular weight is 314 g/mol. The van der Waals surface area contributed by atoms with Gasteiger partial charge in [-0.15, -0.1) is 0 Å². The number of benzene rings is 1. The van der Waals surface area contributed by atoms with Gasteiger partial charge in [0, 0.05) is 0 Å². The van der Waals surface area contributed by atoms with E-state index >= 15 is 0 Å². The number of unbranched alkanes of at least 4 members (excludes halogenated alkanes) is 9. The standard InChI is InChI=1S/C20H32N3/c1-2-3-4-5-6-7-8-9-10-14-17-20-21-18-22-23(20)19-15-12-11-13-16-19/h11-13,15-16,18H,2-10,14,17H2,1H3,(H,21,22). The highest BCUT2D eigenvalue weighted by molar-refractivity contribution is 5.67. The van der Waals surface area contributed by atoms with Crippen molar-refractivity contribution in [1.29, 1.82) is 0 Å². The maximum Gasteiger partial charge on any atom is 0.196 e. The van der Waals surface area contributed by atoms with Gasteiger partial charge in [-0.25, -0.2) is 4.99 Å². The van der Waals surface area contributed by atoms with Gasteiger partial charge in [-0.05, 0) is 25.0 Å². The van der Waals surface area contributed by atoms with Gasteiger partial charge in [0.25, 0.3) is 0 Å². The van der Waals surface area contributed by atoms with Crippen LogP contribution >= 0.6 is 0 Å². The Morgan fingerprint density at radius 2 is 1.43 bits per heavy atom. The highest BCUT2D eigenvalue weighted by Crippen LogP contribution is 2.26. The Hall–Kier alpha value is -1.51. The van der Waals surface area contributed by atoms with Gasteiger partial charge < -0.3 is 0 Å². The normalized spacial score (nSPS) is 14.4. The highest BCUT2D eigenvalue weighted by atomic mass is 15.6. The summed E-state index contributed by atoms with van der Waals surface area (Å²) in [5.74, 6) is 0. The average Bonchev–Trinajstić information content (AvgIpc) is 3.06. The van der Waals surface area contributed by atoms with Crippen LogP contribution in [-0.2, 0) is 0 Å². The molecule has 3 nitrogen and oxygen atoms in total. The molecule has 1 N–H and O–H groups in total. The third-order valence-corrected chi connectivity index (χ3v) is 4.43. The van der Waals surface area contributed by atoms with Crippen LogP contribution in [0.2, 0.25) is 0 Å². The lowest BCUT2D eigenvalue weighted by atomic mass is 10.1. The van der Waals surface area contributed by atoms with Crippen LogP contribution in [-0.4, -0.2) is 6.34 Å². The number of rotatable bonds is 12. The molecule has 0 aliphatic carbocycles. The second-order valence-electron chi connectivity index (χ2n) is 6.41. The Kier molecular flexibility index (Phi) is 8.60. The molecular formula is C20H32N3. The number of nitrogens with one attached hydrogen (secondary N) is 1. The molecule has 0 saturated carbocycles. The molecule has 0 amide bonds. The van der Waals surface area contributed by atoms with Gasteiger partial charge in [-0.1, -0.05) is 82.9 Å². The largest absolute Gasteiger partial charge is 0.286 e. The molecule has 0 fully saturated rings. The van der Waals surface area contributed by atoms with E-state index < -0.39 is 0 Å². The number of hydrogen-bond acceptors (Lipinski definition) is 3. The quantitative estimate of drug-likeness (QED) is 0.491. The Bertz CT molecular complexity index is 430. The van der Waals surface area contributed by atoms with Gasteiger partial charge in [-0.2, -0.15) is 0 Å². The summed E-state index contributed by atoms with van der Waals surface area (Å²) < 4.78 is 0. The minimum Gasteiger partial charge on any atom is -0.286 e. The summed E-state index contributed by atoms with van der Waals surface area (Å²) in [6.07, 6.45) is 17.7. The van der Waals surface area contributed by atoms with Crippen molar-refractivity contribution < 1.29 is 0 Å². The van der Waals surface area contributed by atoms with Gasteiger partial charge in [0.05, 0.1) is 5.69 Å². The van der Waals surface area contributed by atoms with Crippen LogP contribution in [0.4, 0.5) is 5.69 Å². The van der Waals surface area contributed by atoms with E-state index in [1.165, 1.54) is 64.2 Å². The van der Waals surface area contributed by atoms with E-state index in [-0.39, 0.29) is 0 Å². The van der Waals surface area contributed by atoms with Gasteiger partial charge >= 0.3 is 0 Å². The second kappa shape index (κ2) is 11.1. The lowest BCUT2D eigenvalue weighted by molar-refractivity contribution is 0.547. The minimum atomic E-state index is 1.05. The highest BCUT2D eigenvalue weighted by Gasteiger charge is 2.22. The number of nitrogens with zero attached hydrogens (tertiary/aromatic N) is 2. The molecule has 3 heteroatoms. The van der Waals surface area contributed by atoms with E-state index in [2.05, 4.69) is 46.6 Å². The third kappa shape index (κ3) is 6.64. The predicted molar refractivity (Wildman–Crippen MR) is 100 cm³/mol. The molecule has 127 valence electrons. The Balaban J connectivity index is 1.52. The van der Waals surface area contributed by atoms with Crippen LogP contribution < -0.4 is 10.4 Å². The maximum atomic E-state index is 4.48. The first-order valence-corrected chi connectivity index (χ1v) is 9.41. The van der Waals surface area contributed by atoms with E-state index in [0.29, 0.717) is 0 Å². The molecule has 0 atom stereocenters. The first-order chi connectivity index (χ1) is 11.4. The zero-order valence-corrected chi connectivity index (χ0v) is 14.6. The zero-order chi connectivity index (χ0) is 16.2. The molecule has 0 unspecified atom stereocenters. The fraction of sp³-hybridized carbons (Fsp3) is 0.600. The molecule has 0 bridgehead atoms. The molecule has 0 spiro atoms. The lowest BCUT2D eigenvalue weighted by Gasteiger charge is -2.23. The van der Waals surface area contributed by atoms with Crippen LogP contribution in [0.25, 0.3) is 0 Å². The van der Waals surface area contributed by atoms with Crippen LogP contribution in [0.1, 0.15) is 77.6 Å². The topological polar surface area (TPSA) is 27.6 Å². The summed E-state index contributed by atoms with van der Waals surface area (Å²) >= 11 is 0. The summed E-state index contributed by atoms with van der Waals surface area (Å²) in [6.45, 7) is 2.28. The molecule has 1 aromatic carbocycles. The molecule has 23 heavy (non-hydrogen) atoms. The monoisotopic (exact) mass is 314 g/mol. The summed E-state index contributed by atoms with van der Waals surface area (Å²) in [5, 5.41) is 2.09. The lowest BCUT2D eigenvalue weighted by Crippen LogP contribution is -2.33. The molecular weight excluding hydrogens is 282 g/mol. The first-order valence-electron chi connectivity index (χ1n) is 9.41. The van der Waals surface area contributed by atoms with Crippen LogP contribution in [0.3, 0.4) is 0 Å². The molecule has 1 heterocycles. The smallest absolute Gasteiger partial charge is 0.196 e. The number of hydrogen-bond donors (Lipinski definition) is 1. The van der Waals surface area contributed by atoms with E-state index in [0.717, 1.165) is 18.3 Å². The van der Waals surface area contributed by atoms with Crippen molar-refractivity contribution >= 4 is 12.0 Å². The van der Waals surface area contributed by atoms with Crippen LogP contribution in [0.15, 0.2) is 35.3 Å². The van der Waals surface area contributed by atoms with Crippen molar-refractivity contribution in [2.45, 2.75) is 77.6 Å². The summed E-state index contributed by atoms with van der Waals surface area (Å²) in [4.78, 5) is 4.48. The van der Waals surface area contributed by atoms with Crippen molar-refractivity contribution in [2.24, 2.45) is 4.99 Å². The van der Waals surface area contributed by atoms with Gasteiger partial charge in [0.15, 0.2) is 6.17 Å². The summed E-state index contributed by atoms with van der Waals surface area (Å²) in [7, 11) is 0. The van der Waals surface area contributed by atoms with E-state index in [4.69, 9.17) is 0 Å². The number of hydrazine groups is 1. The molecule has 0 saturated heterocycles. The van der Waals surface area contributed by atoms with Crippen LogP contribution in [0, 0.1) is 6.17 Å². The van der Waals surface area contributed by atoms with Crippen LogP contribution in [0.5, 0.6) is 0 Å². The van der Waals surface area contributed by atoms with Crippen molar-refractivity contribution in [2.75, 3.05) is 5.01 Å². The molecule has 1 aliphatic rings.